The average molecular weight is 274 g/mol. The van der Waals surface area contributed by atoms with Crippen LogP contribution in [0.25, 0.3) is 0 Å². The van der Waals surface area contributed by atoms with E-state index in [1.807, 2.05) is 0 Å². The van der Waals surface area contributed by atoms with Crippen LogP contribution in [0, 0.1) is 0 Å². The van der Waals surface area contributed by atoms with Crippen molar-refractivity contribution in [1.29, 1.82) is 0 Å². The van der Waals surface area contributed by atoms with E-state index in [0.29, 0.717) is 9.52 Å². The van der Waals surface area contributed by atoms with E-state index in [1.165, 1.54) is 12.5 Å². The molecule has 1 fully saturated rings. The van der Waals surface area contributed by atoms with Crippen molar-refractivity contribution in [3.05, 3.63) is 0 Å². The van der Waals surface area contributed by atoms with E-state index in [1.54, 1.807) is 11.7 Å². The summed E-state index contributed by atoms with van der Waals surface area (Å²) in [5.74, 6) is 0. The highest BCUT2D eigenvalue weighted by molar-refractivity contribution is 9.51. The summed E-state index contributed by atoms with van der Waals surface area (Å²) in [6.07, 6.45) is 1.49. The maximum atomic E-state index is 3.78. The van der Waals surface area contributed by atoms with Crippen molar-refractivity contribution in [2.24, 2.45) is 0 Å². The Morgan fingerprint density at radius 1 is 1.38 bits per heavy atom. The highest BCUT2D eigenvalue weighted by Crippen LogP contribution is 2.34. The Bertz CT molecular complexity index is 76.1. The highest BCUT2D eigenvalue weighted by Gasteiger charge is 2.28. The van der Waals surface area contributed by atoms with Gasteiger partial charge in [0, 0.05) is 9.52 Å². The van der Waals surface area contributed by atoms with Crippen LogP contribution in [-0.2, 0) is 0 Å². The van der Waals surface area contributed by atoms with E-state index in [2.05, 4.69) is 30.6 Å². The van der Waals surface area contributed by atoms with Crippen molar-refractivity contribution in [3.63, 3.8) is 0 Å². The van der Waals surface area contributed by atoms with Crippen LogP contribution in [0.3, 0.4) is 0 Å². The van der Waals surface area contributed by atoms with Crippen molar-refractivity contribution in [2.75, 3.05) is 0 Å². The molecule has 8 heavy (non-hydrogen) atoms. The third-order valence-corrected chi connectivity index (χ3v) is 17.5. The minimum Gasteiger partial charge on any atom is -0.111 e. The molecule has 0 aliphatic carbocycles. The Morgan fingerprint density at radius 3 is 2.38 bits per heavy atom. The Balaban J connectivity index is 2.33. The molecule has 1 aliphatic rings. The van der Waals surface area contributed by atoms with Gasteiger partial charge in [0.2, 0.25) is 0 Å². The summed E-state index contributed by atoms with van der Waals surface area (Å²) in [5.41, 5.74) is 1.56. The van der Waals surface area contributed by atoms with Crippen LogP contribution in [-0.4, -0.2) is 14.8 Å². The Hall–Kier alpha value is 1.39. The topological polar surface area (TPSA) is 0 Å². The van der Waals surface area contributed by atoms with E-state index in [4.69, 9.17) is 0 Å². The summed E-state index contributed by atoms with van der Waals surface area (Å²) in [7, 11) is 0.372. The number of rotatable bonds is 0. The first-order valence-electron chi connectivity index (χ1n) is 3.09. The van der Waals surface area contributed by atoms with Crippen LogP contribution in [0.4, 0.5) is 0 Å². The molecule has 0 aromatic carbocycles. The Morgan fingerprint density at radius 2 is 2.12 bits per heavy atom. The van der Waals surface area contributed by atoms with Gasteiger partial charge in [-0.05, 0) is 11.7 Å². The van der Waals surface area contributed by atoms with E-state index in [9.17, 15) is 0 Å². The van der Waals surface area contributed by atoms with Crippen molar-refractivity contribution >= 4 is 45.4 Å². The van der Waals surface area contributed by atoms with Gasteiger partial charge in [-0.15, -0.1) is 30.6 Å². The van der Waals surface area contributed by atoms with Gasteiger partial charge in [0.05, 0.1) is 0 Å². The molecule has 0 N–H and O–H groups in total. The lowest BCUT2D eigenvalue weighted by atomic mass is 10.6. The monoisotopic (exact) mass is 272 g/mol. The van der Waals surface area contributed by atoms with E-state index in [-0.39, 0.29) is 0 Å². The van der Waals surface area contributed by atoms with Crippen LogP contribution < -0.4 is 0 Å². The van der Waals surface area contributed by atoms with E-state index < -0.39 is 5.31 Å². The predicted molar refractivity (Wildman–Crippen MR) is 51.2 cm³/mol. The average Bonchev–Trinajstić information content (AvgIpc) is 1.65. The molecular formula is C4H10Br2Si2. The molecule has 0 saturated carbocycles. The third-order valence-electron chi connectivity index (χ3n) is 1.59. The molecule has 1 heterocycles. The van der Waals surface area contributed by atoms with E-state index >= 15 is 0 Å². The molecule has 0 unspecified atom stereocenters. The third kappa shape index (κ3) is 2.33. The minimum absolute atomic E-state index is 0.372. The fraction of sp³-hybridized carbons (Fsp3) is 1.00. The van der Waals surface area contributed by atoms with E-state index in [0.717, 1.165) is 0 Å². The van der Waals surface area contributed by atoms with Crippen LogP contribution in [0.5, 0.6) is 0 Å². The largest absolute Gasteiger partial charge is 0.198 e. The molecular weight excluding hydrogens is 264 g/mol. The molecule has 0 radical (unpaired) electrons. The maximum absolute atomic E-state index is 3.78. The summed E-state index contributed by atoms with van der Waals surface area (Å²) >= 11 is 7.57. The second-order valence-corrected chi connectivity index (χ2v) is 20.3. The molecule has 0 aromatic heterocycles. The first-order valence-corrected chi connectivity index (χ1v) is 12.0. The summed E-state index contributed by atoms with van der Waals surface area (Å²) < 4.78 is 0. The van der Waals surface area contributed by atoms with Crippen molar-refractivity contribution in [3.8, 4) is 0 Å². The molecule has 0 bridgehead atoms. The van der Waals surface area contributed by atoms with Crippen molar-refractivity contribution in [1.82, 2.24) is 0 Å². The number of hydrogen-bond donors (Lipinski definition) is 0. The SMILES string of the molecule is Br[Si]1(Br)CCC[SiH2]C1. The molecule has 0 atom stereocenters. The molecule has 4 heteroatoms. The van der Waals surface area contributed by atoms with Gasteiger partial charge >= 0.3 is 0 Å². The summed E-state index contributed by atoms with van der Waals surface area (Å²) in [6.45, 7) is 0. The van der Waals surface area contributed by atoms with Gasteiger partial charge in [0.15, 0.2) is 5.31 Å². The molecule has 48 valence electrons. The molecule has 1 rings (SSSR count). The molecule has 0 nitrogen and oxygen atoms in total. The first kappa shape index (κ1) is 7.50. The van der Waals surface area contributed by atoms with Gasteiger partial charge in [-0.25, -0.2) is 0 Å². The normalized spacial score (nSPS) is 30.8. The first-order chi connectivity index (χ1) is 3.71. The minimum atomic E-state index is -0.904. The number of hydrogen-bond acceptors (Lipinski definition) is 0. The summed E-state index contributed by atoms with van der Waals surface area (Å²) in [5, 5.41) is -0.904. The fourth-order valence-electron chi connectivity index (χ4n) is 1.07. The zero-order valence-corrected chi connectivity index (χ0v) is 10.4. The second kappa shape index (κ2) is 2.99. The van der Waals surface area contributed by atoms with Gasteiger partial charge in [-0.2, -0.15) is 0 Å². The van der Waals surface area contributed by atoms with Gasteiger partial charge in [-0.1, -0.05) is 12.5 Å². The second-order valence-electron chi connectivity index (χ2n) is 2.42. The number of halogens is 2. The van der Waals surface area contributed by atoms with Crippen LogP contribution in [0.15, 0.2) is 0 Å². The molecule has 0 aromatic rings. The standard InChI is InChI=1S/C4H10Br2Si2/c5-8(6)3-1-2-7-4-8/h1-4,7H2. The molecule has 0 amide bonds. The van der Waals surface area contributed by atoms with Crippen molar-refractivity contribution in [2.45, 2.75) is 24.2 Å². The fourth-order valence-corrected chi connectivity index (χ4v) is 13.7. The Kier molecular flexibility index (Phi) is 2.80. The lowest BCUT2D eigenvalue weighted by molar-refractivity contribution is 1.04. The smallest absolute Gasteiger partial charge is 0.111 e. The van der Waals surface area contributed by atoms with Gasteiger partial charge in [-0.3, -0.25) is 0 Å². The van der Waals surface area contributed by atoms with Gasteiger partial charge in [0.25, 0.3) is 0 Å². The quantitative estimate of drug-likeness (QED) is 0.469. The molecule has 1 aliphatic heterocycles. The summed E-state index contributed by atoms with van der Waals surface area (Å²) in [4.78, 5) is 0. The van der Waals surface area contributed by atoms with Crippen LogP contribution in [0.2, 0.25) is 17.8 Å². The highest BCUT2D eigenvalue weighted by atomic mass is 79.9. The molecule has 1 saturated heterocycles. The van der Waals surface area contributed by atoms with Gasteiger partial charge in [0.1, 0.15) is 0 Å². The lowest BCUT2D eigenvalue weighted by Gasteiger charge is -2.21. The van der Waals surface area contributed by atoms with Crippen molar-refractivity contribution < 1.29 is 0 Å². The Labute approximate surface area is 69.4 Å². The lowest BCUT2D eigenvalue weighted by Crippen LogP contribution is -2.23. The molecule has 0 spiro atoms. The maximum Gasteiger partial charge on any atom is 0.198 e. The van der Waals surface area contributed by atoms with Crippen LogP contribution >= 0.6 is 30.6 Å². The predicted octanol–water partition coefficient (Wildman–Crippen LogP) is 2.17. The zero-order chi connectivity index (χ0) is 6.04. The van der Waals surface area contributed by atoms with Gasteiger partial charge < -0.3 is 0 Å². The zero-order valence-electron chi connectivity index (χ0n) is 4.79. The van der Waals surface area contributed by atoms with Crippen LogP contribution in [0.1, 0.15) is 6.42 Å². The summed E-state index contributed by atoms with van der Waals surface area (Å²) in [6, 6.07) is 3.05.